The molecule has 8 rings (SSSR count). The number of esters is 1. The van der Waals surface area contributed by atoms with E-state index in [1.165, 1.54) is 13.2 Å². The third-order valence-electron chi connectivity index (χ3n) is 13.5. The number of amides is 2. The van der Waals surface area contributed by atoms with Gasteiger partial charge in [0, 0.05) is 50.3 Å². The minimum absolute atomic E-state index is 0.0223. The summed E-state index contributed by atoms with van der Waals surface area (Å²) in [5.41, 5.74) is 2.85. The maximum absolute atomic E-state index is 14.3. The fraction of sp³-hybridized carbons (Fsp3) is 0.431. The Hall–Kier alpha value is -6.41. The zero-order valence-corrected chi connectivity index (χ0v) is 57.6. The summed E-state index contributed by atoms with van der Waals surface area (Å²) in [6.45, 7) is 9.79. The van der Waals surface area contributed by atoms with E-state index in [0.29, 0.717) is 48.2 Å². The zero-order chi connectivity index (χ0) is 69.7. The number of benzene rings is 4. The van der Waals surface area contributed by atoms with Crippen LogP contribution < -0.4 is 29.5 Å². The van der Waals surface area contributed by atoms with Gasteiger partial charge in [0.2, 0.25) is 10.7 Å². The number of carbonyl (C=O) groups is 7. The van der Waals surface area contributed by atoms with Gasteiger partial charge in [-0.25, -0.2) is 22.5 Å². The van der Waals surface area contributed by atoms with E-state index in [4.69, 9.17) is 70.8 Å². The number of alkyl halides is 3. The Morgan fingerprint density at radius 2 is 1.63 bits per heavy atom. The highest BCUT2D eigenvalue weighted by Gasteiger charge is 2.39. The van der Waals surface area contributed by atoms with Crippen LogP contribution in [0.2, 0.25) is 5.02 Å². The molecule has 2 atom stereocenters. The molecular formula is C58H69Cl4FN7O19PS3. The average molecular weight is 1460 g/mol. The van der Waals surface area contributed by atoms with E-state index >= 15 is 0 Å². The molecule has 4 aromatic carbocycles. The lowest BCUT2D eigenvalue weighted by Gasteiger charge is -2.35. The summed E-state index contributed by atoms with van der Waals surface area (Å²) in [7, 11) is -4.86. The number of Topliss-reactive ketones (excluding diaryl/α,β-unsaturated/α-hetero) is 3. The lowest BCUT2D eigenvalue weighted by molar-refractivity contribution is -0.385. The molecule has 5 aromatic rings. The maximum atomic E-state index is 14.3. The van der Waals surface area contributed by atoms with Gasteiger partial charge in [0.15, 0.2) is 32.0 Å². The van der Waals surface area contributed by atoms with Crippen molar-refractivity contribution < 1.29 is 85.0 Å². The number of para-hydroxylation sites is 3. The highest BCUT2D eigenvalue weighted by atomic mass is 35.5. The number of thioether (sulfide) groups is 1. The monoisotopic (exact) mass is 1450 g/mol. The Morgan fingerprint density at radius 1 is 0.989 bits per heavy atom. The molecule has 0 radical (unpaired) electrons. The second-order valence-corrected chi connectivity index (χ2v) is 27.9. The van der Waals surface area contributed by atoms with Gasteiger partial charge in [0.1, 0.15) is 35.7 Å². The second-order valence-electron chi connectivity index (χ2n) is 20.5. The second kappa shape index (κ2) is 37.0. The fourth-order valence-corrected chi connectivity index (χ4v) is 12.6. The van der Waals surface area contributed by atoms with Crippen LogP contribution in [0.1, 0.15) is 74.4 Å². The molecule has 4 N–H and O–H groups in total. The SMILES string of the molecule is CC1COc2ccccc2N1C(=O)C(Cl)Cl.CCc1cccc(C)c1N(C(=O)CCl)C(C)COC.COC(=O)CSc1cc(N=c2sc(=O)n3n2CCCC3)c(F)cc1Cl.CS(=O)(=O)c1ccc(C(=O)C2C(=O)CCCC2=O)c([N+](=O)[O-])c1.O=C(O)CNCP(=O)(O)O. The lowest BCUT2D eigenvalue weighted by Crippen LogP contribution is -2.47. The van der Waals surface area contributed by atoms with Crippen molar-refractivity contribution in [3.05, 3.63) is 125 Å². The van der Waals surface area contributed by atoms with Crippen LogP contribution in [-0.2, 0) is 72.2 Å². The van der Waals surface area contributed by atoms with Crippen molar-refractivity contribution in [1.82, 2.24) is 14.7 Å². The molecule has 3 heterocycles. The number of methoxy groups -OCH3 is 2. The minimum atomic E-state index is -4.10. The first kappa shape index (κ1) is 79.0. The van der Waals surface area contributed by atoms with E-state index in [0.717, 1.165) is 95.4 Å². The summed E-state index contributed by atoms with van der Waals surface area (Å²) >= 11 is 25.2. The summed E-state index contributed by atoms with van der Waals surface area (Å²) in [6, 6.07) is 18.8. The normalized spacial score (nSPS) is 15.0. The van der Waals surface area contributed by atoms with Crippen molar-refractivity contribution in [2.24, 2.45) is 10.9 Å². The summed E-state index contributed by atoms with van der Waals surface area (Å²) in [4.78, 5) is 127. The quantitative estimate of drug-likeness (QED) is 0.00879. The van der Waals surface area contributed by atoms with E-state index in [-0.39, 0.29) is 68.9 Å². The van der Waals surface area contributed by atoms with E-state index in [2.05, 4.69) is 28.0 Å². The maximum Gasteiger partial charge on any atom is 0.339 e. The number of aryl methyl sites for hydroxylation is 2. The number of hydrogen-bond acceptors (Lipinski definition) is 20. The predicted molar refractivity (Wildman–Crippen MR) is 350 cm³/mol. The van der Waals surface area contributed by atoms with Gasteiger partial charge in [-0.3, -0.25) is 63.0 Å². The number of nitro groups is 1. The highest BCUT2D eigenvalue weighted by molar-refractivity contribution is 8.00. The van der Waals surface area contributed by atoms with Crippen LogP contribution in [0.4, 0.5) is 27.1 Å². The number of ketones is 3. The molecule has 26 nitrogen and oxygen atoms in total. The Balaban J connectivity index is 0.000000255. The number of aliphatic carboxylic acids is 1. The molecule has 1 fully saturated rings. The van der Waals surface area contributed by atoms with Gasteiger partial charge in [0.25, 0.3) is 11.6 Å². The first-order valence-corrected chi connectivity index (χ1v) is 35.4. The molecule has 0 spiro atoms. The third kappa shape index (κ3) is 23.2. The number of nitrogens with zero attached hydrogens (tertiary/aromatic N) is 6. The Labute approximate surface area is 562 Å². The summed E-state index contributed by atoms with van der Waals surface area (Å²) in [6.07, 6.45) is 3.54. The first-order chi connectivity index (χ1) is 43.7. The van der Waals surface area contributed by atoms with Crippen molar-refractivity contribution in [1.29, 1.82) is 0 Å². The lowest BCUT2D eigenvalue weighted by atomic mass is 9.81. The molecular weight excluding hydrogens is 1390 g/mol. The molecule has 0 saturated heterocycles. The van der Waals surface area contributed by atoms with Crippen molar-refractivity contribution in [2.45, 2.75) is 106 Å². The van der Waals surface area contributed by atoms with Crippen molar-refractivity contribution in [3.63, 3.8) is 0 Å². The molecule has 1 aliphatic carbocycles. The van der Waals surface area contributed by atoms with Gasteiger partial charge in [-0.05, 0) is 105 Å². The van der Waals surface area contributed by atoms with Gasteiger partial charge < -0.3 is 38.9 Å². The van der Waals surface area contributed by atoms with Crippen LogP contribution in [-0.4, -0.2) is 154 Å². The third-order valence-corrected chi connectivity index (χ3v) is 18.2. The number of rotatable bonds is 19. The first-order valence-electron chi connectivity index (χ1n) is 28.1. The number of sulfone groups is 1. The Morgan fingerprint density at radius 3 is 2.20 bits per heavy atom. The number of fused-ring (bicyclic) bond motifs is 2. The number of nitro benzene ring substituents is 1. The zero-order valence-electron chi connectivity index (χ0n) is 51.3. The van der Waals surface area contributed by atoms with Gasteiger partial charge in [-0.15, -0.1) is 23.4 Å². The number of carbonyl (C=O) groups excluding carboxylic acids is 6. The van der Waals surface area contributed by atoms with Crippen LogP contribution >= 0.6 is 77.1 Å². The molecule has 508 valence electrons. The standard InChI is InChI=1S/C15H15ClFN3O3S2.C15H22ClNO2.C14H13NO7S.C11H11Cl2NO2.C3H8NO5P/c1-23-13(21)8-24-12-7-11(10(17)6-9(12)16)18-14-19-4-2-3-5-20(19)15(22)25-14;1-5-13-8-6-7-11(2)15(13)17(14(18)9-16)12(3)10-19-4;1-23(21,22)8-5-6-9(10(7-8)15(19)20)14(18)13-11(16)3-2-4-12(13)17;1-7-6-16-9-5-3-2-4-8(9)14(7)11(15)10(12)13;5-3(6)1-4-2-10(7,8)9/h6-7H,2-5,8H2,1H3;6-8,12H,5,9-10H2,1-4H3;5-7,13H,2-4H2,1H3;2-5,7,10H,6H2,1H3;4H,1-2H2,(H,5,6)(H2,7,8,9). The smallest absolute Gasteiger partial charge is 0.339 e. The van der Waals surface area contributed by atoms with E-state index in [9.17, 15) is 65.8 Å². The Kier molecular flexibility index (Phi) is 31.5. The molecule has 0 bridgehead atoms. The number of carboxylic acids is 1. The van der Waals surface area contributed by atoms with E-state index < -0.39 is 92.3 Å². The van der Waals surface area contributed by atoms with Crippen molar-refractivity contribution in [2.75, 3.05) is 68.0 Å². The number of halogens is 5. The van der Waals surface area contributed by atoms with Crippen LogP contribution in [0.5, 0.6) is 5.75 Å². The molecule has 2 amide bonds. The van der Waals surface area contributed by atoms with Crippen molar-refractivity contribution >= 4 is 151 Å². The molecule has 3 aliphatic rings. The van der Waals surface area contributed by atoms with Crippen LogP contribution in [0, 0.1) is 28.8 Å². The van der Waals surface area contributed by atoms with Crippen LogP contribution in [0.3, 0.4) is 0 Å². The predicted octanol–water partition coefficient (Wildman–Crippen LogP) is 8.48. The molecule has 1 aromatic heterocycles. The topological polar surface area (TPSA) is 360 Å². The van der Waals surface area contributed by atoms with E-state index in [1.807, 2.05) is 57.2 Å². The van der Waals surface area contributed by atoms with Crippen LogP contribution in [0.25, 0.3) is 0 Å². The number of ether oxygens (including phenoxy) is 3. The average Bonchev–Trinajstić information content (AvgIpc) is 1.47. The number of nitrogens with one attached hydrogen (secondary N) is 1. The summed E-state index contributed by atoms with van der Waals surface area (Å²) in [5, 5.41) is 21.4. The molecule has 1 saturated carbocycles. The molecule has 2 unspecified atom stereocenters. The molecule has 35 heteroatoms. The number of aromatic nitrogens is 2. The van der Waals surface area contributed by atoms with Crippen molar-refractivity contribution in [3.8, 4) is 5.75 Å². The molecule has 2 aliphatic heterocycles. The number of hydrogen-bond donors (Lipinski definition) is 4. The van der Waals surface area contributed by atoms with E-state index in [1.54, 1.807) is 26.3 Å². The van der Waals surface area contributed by atoms with Gasteiger partial charge in [0.05, 0.1) is 76.2 Å². The number of anilines is 2. The van der Waals surface area contributed by atoms with Crippen LogP contribution in [0.15, 0.2) is 92.4 Å². The highest BCUT2D eigenvalue weighted by Crippen LogP contribution is 2.37. The largest absolute Gasteiger partial charge is 0.489 e. The summed E-state index contributed by atoms with van der Waals surface area (Å²) in [5.74, 6) is -5.42. The minimum Gasteiger partial charge on any atom is -0.489 e. The van der Waals surface area contributed by atoms with Gasteiger partial charge in [-0.1, -0.05) is 72.1 Å². The van der Waals surface area contributed by atoms with Gasteiger partial charge >= 0.3 is 24.4 Å². The number of carboxylic acid groups (broad SMARTS) is 1. The molecule has 93 heavy (non-hydrogen) atoms. The fourth-order valence-electron chi connectivity index (χ4n) is 9.26. The van der Waals surface area contributed by atoms with Gasteiger partial charge in [-0.2, -0.15) is 0 Å². The summed E-state index contributed by atoms with van der Waals surface area (Å²) < 4.78 is 66.0. The Bertz CT molecular complexity index is 3830.